The molecule has 1 atom stereocenters. The van der Waals surface area contributed by atoms with Gasteiger partial charge in [0.15, 0.2) is 0 Å². The molecule has 0 aliphatic heterocycles. The fraction of sp³-hybridized carbons (Fsp3) is 0.462. The van der Waals surface area contributed by atoms with Gasteiger partial charge in [0.2, 0.25) is 0 Å². The summed E-state index contributed by atoms with van der Waals surface area (Å²) in [5.74, 6) is -0.559. The van der Waals surface area contributed by atoms with E-state index in [0.717, 1.165) is 5.69 Å². The molecular weight excluding hydrogens is 235 g/mol. The molecule has 5 heteroatoms. The van der Waals surface area contributed by atoms with E-state index in [0.29, 0.717) is 13.2 Å². The number of nitrogens with one attached hydrogen (secondary N) is 1. The average molecular weight is 254 g/mol. The van der Waals surface area contributed by atoms with E-state index in [2.05, 4.69) is 5.32 Å². The molecule has 100 valence electrons. The van der Waals surface area contributed by atoms with Gasteiger partial charge in [-0.15, -0.1) is 0 Å². The molecule has 0 bridgehead atoms. The standard InChI is InChI=1S/C13H19FN2O2/c1-4-18-13(17)12(15-2)9-16(3)11-7-5-10(14)6-8-11/h5-8,12,15H,4,9H2,1-3H3. The van der Waals surface area contributed by atoms with Crippen molar-refractivity contribution in [3.63, 3.8) is 0 Å². The van der Waals surface area contributed by atoms with Crippen molar-refractivity contribution in [3.05, 3.63) is 30.1 Å². The number of likely N-dealkylation sites (N-methyl/N-ethyl adjacent to an activating group) is 2. The van der Waals surface area contributed by atoms with E-state index in [1.807, 2.05) is 11.9 Å². The number of carbonyl (C=O) groups excluding carboxylic acids is 1. The van der Waals surface area contributed by atoms with Gasteiger partial charge in [-0.3, -0.25) is 4.79 Å². The summed E-state index contributed by atoms with van der Waals surface area (Å²) in [5, 5.41) is 2.91. The molecule has 0 spiro atoms. The number of esters is 1. The average Bonchev–Trinajstić information content (AvgIpc) is 2.36. The van der Waals surface area contributed by atoms with Crippen LogP contribution in [-0.4, -0.2) is 39.3 Å². The van der Waals surface area contributed by atoms with Crippen LogP contribution in [-0.2, 0) is 9.53 Å². The second kappa shape index (κ2) is 6.96. The predicted octanol–water partition coefficient (Wildman–Crippen LogP) is 1.41. The highest BCUT2D eigenvalue weighted by Crippen LogP contribution is 2.13. The number of hydrogen-bond acceptors (Lipinski definition) is 4. The number of anilines is 1. The molecule has 1 aromatic carbocycles. The number of halogens is 1. The maximum absolute atomic E-state index is 12.8. The molecule has 0 fully saturated rings. The summed E-state index contributed by atoms with van der Waals surface area (Å²) in [5.41, 5.74) is 0.848. The van der Waals surface area contributed by atoms with Crippen molar-refractivity contribution in [2.24, 2.45) is 0 Å². The Morgan fingerprint density at radius 1 is 1.44 bits per heavy atom. The van der Waals surface area contributed by atoms with Crippen molar-refractivity contribution in [2.75, 3.05) is 32.1 Å². The molecule has 1 rings (SSSR count). The first-order valence-electron chi connectivity index (χ1n) is 5.89. The van der Waals surface area contributed by atoms with Crippen molar-refractivity contribution in [1.29, 1.82) is 0 Å². The van der Waals surface area contributed by atoms with Crippen molar-refractivity contribution in [2.45, 2.75) is 13.0 Å². The van der Waals surface area contributed by atoms with Gasteiger partial charge >= 0.3 is 5.97 Å². The maximum Gasteiger partial charge on any atom is 0.324 e. The topological polar surface area (TPSA) is 41.6 Å². The van der Waals surface area contributed by atoms with E-state index < -0.39 is 6.04 Å². The molecule has 1 N–H and O–H groups in total. The monoisotopic (exact) mass is 254 g/mol. The molecular formula is C13H19FN2O2. The van der Waals surface area contributed by atoms with Gasteiger partial charge in [0.25, 0.3) is 0 Å². The number of nitrogens with zero attached hydrogens (tertiary/aromatic N) is 1. The van der Waals surface area contributed by atoms with Gasteiger partial charge in [0.1, 0.15) is 11.9 Å². The highest BCUT2D eigenvalue weighted by atomic mass is 19.1. The number of ether oxygens (including phenoxy) is 1. The third-order valence-electron chi connectivity index (χ3n) is 2.64. The highest BCUT2D eigenvalue weighted by Gasteiger charge is 2.19. The minimum Gasteiger partial charge on any atom is -0.465 e. The van der Waals surface area contributed by atoms with Crippen molar-refractivity contribution >= 4 is 11.7 Å². The first-order valence-corrected chi connectivity index (χ1v) is 5.89. The maximum atomic E-state index is 12.8. The SMILES string of the molecule is CCOC(=O)C(CN(C)c1ccc(F)cc1)NC. The van der Waals surface area contributed by atoms with Crippen LogP contribution in [0.4, 0.5) is 10.1 Å². The third-order valence-corrected chi connectivity index (χ3v) is 2.64. The van der Waals surface area contributed by atoms with Crippen LogP contribution >= 0.6 is 0 Å². The summed E-state index contributed by atoms with van der Waals surface area (Å²) in [6, 6.07) is 5.73. The molecule has 0 heterocycles. The van der Waals surface area contributed by atoms with E-state index >= 15 is 0 Å². The smallest absolute Gasteiger partial charge is 0.324 e. The number of benzene rings is 1. The summed E-state index contributed by atoms with van der Waals surface area (Å²) in [6.45, 7) is 2.59. The zero-order chi connectivity index (χ0) is 13.5. The van der Waals surface area contributed by atoms with Crippen LogP contribution in [0.1, 0.15) is 6.92 Å². The molecule has 0 saturated heterocycles. The molecule has 4 nitrogen and oxygen atoms in total. The third kappa shape index (κ3) is 4.00. The molecule has 0 aliphatic rings. The summed E-state index contributed by atoms with van der Waals surface area (Å²) in [4.78, 5) is 13.5. The van der Waals surface area contributed by atoms with E-state index in [-0.39, 0.29) is 11.8 Å². The lowest BCUT2D eigenvalue weighted by Crippen LogP contribution is -2.44. The Morgan fingerprint density at radius 2 is 2.06 bits per heavy atom. The van der Waals surface area contributed by atoms with Gasteiger partial charge < -0.3 is 15.0 Å². The quantitative estimate of drug-likeness (QED) is 0.779. The Labute approximate surface area is 107 Å². The molecule has 1 aromatic rings. The Kier molecular flexibility index (Phi) is 5.58. The second-order valence-electron chi connectivity index (χ2n) is 3.95. The second-order valence-corrected chi connectivity index (χ2v) is 3.95. The van der Waals surface area contributed by atoms with Gasteiger partial charge in [-0.25, -0.2) is 4.39 Å². The fourth-order valence-corrected chi connectivity index (χ4v) is 1.60. The zero-order valence-corrected chi connectivity index (χ0v) is 10.9. The van der Waals surface area contributed by atoms with Gasteiger partial charge in [0.05, 0.1) is 6.61 Å². The van der Waals surface area contributed by atoms with Gasteiger partial charge in [-0.1, -0.05) is 0 Å². The van der Waals surface area contributed by atoms with Crippen LogP contribution in [0.5, 0.6) is 0 Å². The molecule has 18 heavy (non-hydrogen) atoms. The summed E-state index contributed by atoms with van der Waals surface area (Å²) in [7, 11) is 3.55. The lowest BCUT2D eigenvalue weighted by Gasteiger charge is -2.24. The highest BCUT2D eigenvalue weighted by molar-refractivity contribution is 5.76. The van der Waals surface area contributed by atoms with Crippen LogP contribution in [0.25, 0.3) is 0 Å². The number of hydrogen-bond donors (Lipinski definition) is 1. The summed E-state index contributed by atoms with van der Waals surface area (Å²) in [6.07, 6.45) is 0. The van der Waals surface area contributed by atoms with Crippen molar-refractivity contribution in [1.82, 2.24) is 5.32 Å². The Hall–Kier alpha value is -1.62. The van der Waals surface area contributed by atoms with Crippen LogP contribution < -0.4 is 10.2 Å². The minimum atomic E-state index is -0.403. The van der Waals surface area contributed by atoms with Crippen LogP contribution in [0.15, 0.2) is 24.3 Å². The molecule has 0 aromatic heterocycles. The zero-order valence-electron chi connectivity index (χ0n) is 10.9. The van der Waals surface area contributed by atoms with Gasteiger partial charge in [0, 0.05) is 19.3 Å². The number of carbonyl (C=O) groups is 1. The largest absolute Gasteiger partial charge is 0.465 e. The fourth-order valence-electron chi connectivity index (χ4n) is 1.60. The first-order chi connectivity index (χ1) is 8.58. The van der Waals surface area contributed by atoms with Gasteiger partial charge in [-0.05, 0) is 38.2 Å². The lowest BCUT2D eigenvalue weighted by atomic mass is 10.2. The van der Waals surface area contributed by atoms with Crippen molar-refractivity contribution < 1.29 is 13.9 Å². The summed E-state index contributed by atoms with van der Waals surface area (Å²) >= 11 is 0. The minimum absolute atomic E-state index is 0.275. The molecule has 0 amide bonds. The van der Waals surface area contributed by atoms with Crippen molar-refractivity contribution in [3.8, 4) is 0 Å². The first kappa shape index (κ1) is 14.4. The molecule has 0 aliphatic carbocycles. The lowest BCUT2D eigenvalue weighted by molar-refractivity contribution is -0.145. The Bertz CT molecular complexity index is 381. The van der Waals surface area contributed by atoms with Gasteiger partial charge in [-0.2, -0.15) is 0 Å². The molecule has 0 radical (unpaired) electrons. The molecule has 1 unspecified atom stereocenters. The van der Waals surface area contributed by atoms with Crippen LogP contribution in [0.2, 0.25) is 0 Å². The Morgan fingerprint density at radius 3 is 2.56 bits per heavy atom. The van der Waals surface area contributed by atoms with E-state index in [1.54, 1.807) is 26.1 Å². The van der Waals surface area contributed by atoms with E-state index in [1.165, 1.54) is 12.1 Å². The Balaban J connectivity index is 2.64. The number of rotatable bonds is 6. The normalized spacial score (nSPS) is 12.0. The molecule has 0 saturated carbocycles. The van der Waals surface area contributed by atoms with E-state index in [4.69, 9.17) is 4.74 Å². The van der Waals surface area contributed by atoms with Crippen LogP contribution in [0.3, 0.4) is 0 Å². The van der Waals surface area contributed by atoms with Crippen LogP contribution in [0, 0.1) is 5.82 Å². The van der Waals surface area contributed by atoms with E-state index in [9.17, 15) is 9.18 Å². The summed E-state index contributed by atoms with van der Waals surface area (Å²) < 4.78 is 17.8. The predicted molar refractivity (Wildman–Crippen MR) is 69.2 cm³/mol.